The van der Waals surface area contributed by atoms with Gasteiger partial charge in [0, 0.05) is 38.0 Å². The monoisotopic (exact) mass is 669 g/mol. The van der Waals surface area contributed by atoms with E-state index in [0.717, 1.165) is 10.1 Å². The fourth-order valence-corrected chi connectivity index (χ4v) is 6.87. The molecule has 0 radical (unpaired) electrons. The smallest absolute Gasteiger partial charge is 0.159 e. The van der Waals surface area contributed by atoms with Crippen molar-refractivity contribution >= 4 is 65.6 Å². The van der Waals surface area contributed by atoms with Gasteiger partial charge in [-0.2, -0.15) is 0 Å². The van der Waals surface area contributed by atoms with Crippen LogP contribution in [0.1, 0.15) is 26.0 Å². The third kappa shape index (κ3) is 4.19. The first-order chi connectivity index (χ1) is 33.2. The van der Waals surface area contributed by atoms with Gasteiger partial charge in [-0.3, -0.25) is 0 Å². The molecule has 8 aromatic carbocycles. The van der Waals surface area contributed by atoms with E-state index in [-0.39, 0.29) is 33.1 Å². The second-order valence-corrected chi connectivity index (χ2v) is 11.9. The summed E-state index contributed by atoms with van der Waals surface area (Å²) in [6.07, 6.45) is 0. The van der Waals surface area contributed by atoms with Crippen LogP contribution in [0.15, 0.2) is 186 Å². The van der Waals surface area contributed by atoms with E-state index < -0.39 is 153 Å². The Bertz CT molecular complexity index is 4200. The molecule has 0 aliphatic heterocycles. The van der Waals surface area contributed by atoms with Gasteiger partial charge in [-0.25, -0.2) is 0 Å². The van der Waals surface area contributed by atoms with Gasteiger partial charge in [0.15, 0.2) is 5.58 Å². The molecule has 3 heteroatoms. The third-order valence-corrected chi connectivity index (χ3v) is 9.08. The zero-order valence-corrected chi connectivity index (χ0v) is 26.2. The highest BCUT2D eigenvalue weighted by Crippen LogP contribution is 2.42. The lowest BCUT2D eigenvalue weighted by Gasteiger charge is -2.12. The maximum atomic E-state index is 9.99. The Balaban J connectivity index is 1.35. The van der Waals surface area contributed by atoms with Gasteiger partial charge in [0.2, 0.25) is 0 Å². The van der Waals surface area contributed by atoms with Crippen LogP contribution in [0.3, 0.4) is 0 Å². The van der Waals surface area contributed by atoms with Crippen LogP contribution in [0.5, 0.6) is 0 Å². The molecule has 0 saturated heterocycles. The molecule has 3 aromatic heterocycles. The molecule has 0 fully saturated rings. The van der Waals surface area contributed by atoms with Crippen molar-refractivity contribution in [1.29, 1.82) is 0 Å². The summed E-state index contributed by atoms with van der Waals surface area (Å²) >= 11 is 0. The van der Waals surface area contributed by atoms with E-state index >= 15 is 0 Å². The van der Waals surface area contributed by atoms with Gasteiger partial charge in [-0.15, -0.1) is 0 Å². The van der Waals surface area contributed by atoms with Gasteiger partial charge in [0.25, 0.3) is 0 Å². The highest BCUT2D eigenvalue weighted by molar-refractivity contribution is 6.15. The van der Waals surface area contributed by atoms with Crippen molar-refractivity contribution in [2.45, 2.75) is 0 Å². The average molecular weight is 670 g/mol. The van der Waals surface area contributed by atoms with E-state index in [4.69, 9.17) is 19.5 Å². The number of rotatable bonds is 4. The highest BCUT2D eigenvalue weighted by atomic mass is 16.3. The first-order valence-corrected chi connectivity index (χ1v) is 15.9. The van der Waals surface area contributed by atoms with Crippen LogP contribution in [0, 0.1) is 0 Å². The second kappa shape index (κ2) is 10.8. The first kappa shape index (κ1) is 15.4. The van der Waals surface area contributed by atoms with Crippen molar-refractivity contribution in [3.63, 3.8) is 0 Å². The van der Waals surface area contributed by atoms with Gasteiger partial charge < -0.3 is 13.6 Å². The molecular formula is C48H30N2O. The molecule has 0 N–H and O–H groups in total. The molecule has 0 spiro atoms. The van der Waals surface area contributed by atoms with Crippen molar-refractivity contribution in [3.05, 3.63) is 182 Å². The summed E-state index contributed by atoms with van der Waals surface area (Å²) in [5.41, 5.74) is -1.03. The van der Waals surface area contributed by atoms with Crippen LogP contribution in [0.4, 0.5) is 0 Å². The van der Waals surface area contributed by atoms with Crippen LogP contribution in [0.25, 0.3) is 99.2 Å². The van der Waals surface area contributed by atoms with Gasteiger partial charge >= 0.3 is 0 Å². The number of fused-ring (bicyclic) bond motifs is 9. The molecule has 0 atom stereocenters. The summed E-state index contributed by atoms with van der Waals surface area (Å²) < 4.78 is 181. The lowest BCUT2D eigenvalue weighted by Crippen LogP contribution is -1.96. The largest absolute Gasteiger partial charge is 0.454 e. The van der Waals surface area contributed by atoms with E-state index in [1.54, 1.807) is 18.2 Å². The van der Waals surface area contributed by atoms with Crippen LogP contribution >= 0.6 is 0 Å². The van der Waals surface area contributed by atoms with Crippen LogP contribution < -0.4 is 0 Å². The molecule has 3 heterocycles. The topological polar surface area (TPSA) is 23.0 Å². The first-order valence-electron chi connectivity index (χ1n) is 25.4. The fourth-order valence-electron chi connectivity index (χ4n) is 6.87. The Morgan fingerprint density at radius 3 is 1.90 bits per heavy atom. The zero-order chi connectivity index (χ0) is 50.0. The van der Waals surface area contributed by atoms with E-state index in [9.17, 15) is 11.0 Å². The molecular weight excluding hydrogens is 621 g/mol. The van der Waals surface area contributed by atoms with E-state index in [2.05, 4.69) is 0 Å². The lowest BCUT2D eigenvalue weighted by molar-refractivity contribution is 0.666. The normalized spacial score (nSPS) is 17.1. The highest BCUT2D eigenvalue weighted by Gasteiger charge is 2.20. The number of furan rings is 1. The van der Waals surface area contributed by atoms with Gasteiger partial charge in [0.1, 0.15) is 5.58 Å². The molecule has 3 nitrogen and oxygen atoms in total. The molecule has 0 saturated carbocycles. The quantitative estimate of drug-likeness (QED) is 0.183. The van der Waals surface area contributed by atoms with Crippen molar-refractivity contribution in [3.8, 4) is 33.6 Å². The summed E-state index contributed by atoms with van der Waals surface area (Å²) in [5.74, 6) is 0. The molecule has 51 heavy (non-hydrogen) atoms. The number of hydrogen-bond donors (Lipinski definition) is 0. The number of aromatic nitrogens is 2. The van der Waals surface area contributed by atoms with Crippen molar-refractivity contribution in [1.82, 2.24) is 9.13 Å². The minimum atomic E-state index is -0.839. The molecule has 0 amide bonds. The predicted octanol–water partition coefficient (Wildman–Crippen LogP) is 13.1. The molecule has 0 bridgehead atoms. The zero-order valence-electron chi connectivity index (χ0n) is 45.2. The third-order valence-electron chi connectivity index (χ3n) is 9.08. The summed E-state index contributed by atoms with van der Waals surface area (Å²) in [5, 5.41) is -0.0730. The maximum Gasteiger partial charge on any atom is 0.159 e. The molecule has 0 unspecified atom stereocenters. The minimum absolute atomic E-state index is 0.190. The predicted molar refractivity (Wildman–Crippen MR) is 213 cm³/mol. The van der Waals surface area contributed by atoms with E-state index in [1.807, 2.05) is 48.5 Å². The summed E-state index contributed by atoms with van der Waals surface area (Å²) in [6.45, 7) is 0. The van der Waals surface area contributed by atoms with Crippen molar-refractivity contribution in [2.75, 3.05) is 0 Å². The van der Waals surface area contributed by atoms with Crippen molar-refractivity contribution in [2.24, 2.45) is 0 Å². The summed E-state index contributed by atoms with van der Waals surface area (Å²) in [7, 11) is 0. The Morgan fingerprint density at radius 2 is 1.06 bits per heavy atom. The van der Waals surface area contributed by atoms with Crippen molar-refractivity contribution < 1.29 is 30.5 Å². The van der Waals surface area contributed by atoms with Gasteiger partial charge in [-0.05, 0) is 82.7 Å². The van der Waals surface area contributed by atoms with E-state index in [0.29, 0.717) is 21.9 Å². The van der Waals surface area contributed by atoms with Gasteiger partial charge in [-0.1, -0.05) is 121 Å². The maximum absolute atomic E-state index is 9.99. The van der Waals surface area contributed by atoms with Crippen LogP contribution in [-0.2, 0) is 0 Å². The molecule has 0 aliphatic rings. The van der Waals surface area contributed by atoms with E-state index in [1.165, 1.54) is 4.57 Å². The average Bonchev–Trinajstić information content (AvgIpc) is 4.04. The lowest BCUT2D eigenvalue weighted by atomic mass is 10.0. The standard InChI is InChI=1S/C48H30N2O/c1-3-13-31(14-4-1)34-28-41-39-19-9-12-22-47(39)51-48(41)46(30-34)50-43-21-11-8-18-37(43)40-27-32(24-26-44(40)50)33-23-25-38-36-17-7-10-20-42(36)49(45(38)29-33)35-15-5-2-6-16-35/h1-30H/i2D,5D,6D,7D,8D,10D,11D,15D,16D,17D,18D,20D,21D,23D,24D,25D,26D,27D,29D. The minimum Gasteiger partial charge on any atom is -0.454 e. The van der Waals surface area contributed by atoms with Crippen LogP contribution in [-0.4, -0.2) is 9.13 Å². The van der Waals surface area contributed by atoms with Crippen LogP contribution in [0.2, 0.25) is 0 Å². The Labute approximate surface area is 320 Å². The number of hydrogen-bond acceptors (Lipinski definition) is 1. The van der Waals surface area contributed by atoms with Gasteiger partial charge in [0.05, 0.1) is 53.8 Å². The summed E-state index contributed by atoms with van der Waals surface area (Å²) in [4.78, 5) is 0. The number of para-hydroxylation sites is 4. The Hall–Kier alpha value is -6.84. The second-order valence-electron chi connectivity index (χ2n) is 11.9. The number of benzene rings is 8. The Morgan fingerprint density at radius 1 is 0.412 bits per heavy atom. The molecule has 238 valence electrons. The Kier molecular flexibility index (Phi) is 3.26. The molecule has 11 rings (SSSR count). The molecule has 11 aromatic rings. The fraction of sp³-hybridized carbons (Fsp3) is 0. The SMILES string of the molecule is [2H]c1c([2H])c([2H])c(-n2c3c([2H])c([2H])c([2H])c([2H])c3c3c([2H])c([2H])c(-c4c([2H])c([2H])c5c(c4[2H])c4c([2H])c([2H])c([2H])c([2H])c4n5-c4cc(-c5ccccc5)cc5c4oc4ccccc45)c([2H])c32)c([2H])c1[2H]. The summed E-state index contributed by atoms with van der Waals surface area (Å²) in [6, 6.07) is 5.83. The molecule has 0 aliphatic carbocycles. The number of nitrogens with zero attached hydrogens (tertiary/aromatic N) is 2.